The number of aryl methyl sites for hydroxylation is 2. The van der Waals surface area contributed by atoms with E-state index < -0.39 is 0 Å². The van der Waals surface area contributed by atoms with Crippen molar-refractivity contribution in [1.29, 1.82) is 0 Å². The van der Waals surface area contributed by atoms with Crippen molar-refractivity contribution in [3.63, 3.8) is 0 Å². The molecule has 114 valence electrons. The third kappa shape index (κ3) is 3.64. The van der Waals surface area contributed by atoms with Crippen molar-refractivity contribution in [1.82, 2.24) is 10.5 Å². The van der Waals surface area contributed by atoms with Crippen molar-refractivity contribution >= 4 is 0 Å². The van der Waals surface area contributed by atoms with Crippen LogP contribution in [-0.4, -0.2) is 11.8 Å². The molecule has 0 aliphatic heterocycles. The Kier molecular flexibility index (Phi) is 5.02. The van der Waals surface area contributed by atoms with Gasteiger partial charge in [0.15, 0.2) is 0 Å². The van der Waals surface area contributed by atoms with Gasteiger partial charge in [0.1, 0.15) is 11.5 Å². The highest BCUT2D eigenvalue weighted by atomic mass is 16.5. The maximum absolute atomic E-state index is 5.47. The second-order valence-electron chi connectivity index (χ2n) is 5.35. The molecule has 2 unspecified atom stereocenters. The Morgan fingerprint density at radius 2 is 1.81 bits per heavy atom. The zero-order chi connectivity index (χ0) is 15.4. The minimum absolute atomic E-state index is 0.192. The van der Waals surface area contributed by atoms with Crippen molar-refractivity contribution in [3.05, 3.63) is 46.8 Å². The lowest BCUT2D eigenvalue weighted by molar-refractivity contribution is 0.340. The molecule has 0 aliphatic rings. The van der Waals surface area contributed by atoms with Crippen LogP contribution in [0.3, 0.4) is 0 Å². The standard InChI is InChI=1S/C17H24N2O2/c1-6-20-16-9-7-15(8-10-16)11(2)18-12(3)17-13(4)19-21-14(17)5/h7-12,18H,6H2,1-5H3. The van der Waals surface area contributed by atoms with E-state index in [0.29, 0.717) is 6.61 Å². The van der Waals surface area contributed by atoms with Gasteiger partial charge in [0.2, 0.25) is 0 Å². The molecule has 2 rings (SSSR count). The molecule has 0 saturated heterocycles. The molecule has 1 aromatic heterocycles. The van der Waals surface area contributed by atoms with Gasteiger partial charge in [-0.05, 0) is 52.3 Å². The summed E-state index contributed by atoms with van der Waals surface area (Å²) in [5, 5.41) is 7.61. The number of aromatic nitrogens is 1. The summed E-state index contributed by atoms with van der Waals surface area (Å²) in [6.07, 6.45) is 0. The molecule has 1 aromatic carbocycles. The average Bonchev–Trinajstić information content (AvgIpc) is 2.79. The molecule has 2 aromatic rings. The molecule has 0 bridgehead atoms. The van der Waals surface area contributed by atoms with E-state index in [9.17, 15) is 0 Å². The number of nitrogens with one attached hydrogen (secondary N) is 1. The minimum Gasteiger partial charge on any atom is -0.494 e. The van der Waals surface area contributed by atoms with E-state index in [4.69, 9.17) is 9.26 Å². The van der Waals surface area contributed by atoms with Crippen LogP contribution in [-0.2, 0) is 0 Å². The molecule has 21 heavy (non-hydrogen) atoms. The average molecular weight is 288 g/mol. The van der Waals surface area contributed by atoms with Gasteiger partial charge in [-0.2, -0.15) is 0 Å². The second kappa shape index (κ2) is 6.76. The Bertz CT molecular complexity index is 555. The first-order chi connectivity index (χ1) is 10.0. The van der Waals surface area contributed by atoms with E-state index in [1.54, 1.807) is 0 Å². The molecule has 2 atom stereocenters. The lowest BCUT2D eigenvalue weighted by Crippen LogP contribution is -2.23. The fourth-order valence-corrected chi connectivity index (χ4v) is 2.68. The number of hydrogen-bond acceptors (Lipinski definition) is 4. The fourth-order valence-electron chi connectivity index (χ4n) is 2.68. The predicted molar refractivity (Wildman–Crippen MR) is 83.6 cm³/mol. The number of ether oxygens (including phenoxy) is 1. The molecule has 1 heterocycles. The van der Waals surface area contributed by atoms with E-state index in [2.05, 4.69) is 36.5 Å². The van der Waals surface area contributed by atoms with Gasteiger partial charge >= 0.3 is 0 Å². The van der Waals surface area contributed by atoms with Crippen molar-refractivity contribution in [3.8, 4) is 5.75 Å². The molecular formula is C17H24N2O2. The molecule has 0 radical (unpaired) electrons. The van der Waals surface area contributed by atoms with Crippen molar-refractivity contribution < 1.29 is 9.26 Å². The Labute approximate surface area is 126 Å². The van der Waals surface area contributed by atoms with Crippen molar-refractivity contribution in [2.75, 3.05) is 6.61 Å². The molecule has 0 amide bonds. The summed E-state index contributed by atoms with van der Waals surface area (Å²) in [6, 6.07) is 8.66. The Balaban J connectivity index is 2.05. The number of nitrogens with zero attached hydrogens (tertiary/aromatic N) is 1. The van der Waals surface area contributed by atoms with Gasteiger partial charge in [-0.1, -0.05) is 17.3 Å². The highest BCUT2D eigenvalue weighted by molar-refractivity contribution is 5.30. The van der Waals surface area contributed by atoms with Gasteiger partial charge in [-0.25, -0.2) is 0 Å². The van der Waals surface area contributed by atoms with Crippen LogP contribution in [0, 0.1) is 13.8 Å². The lowest BCUT2D eigenvalue weighted by Gasteiger charge is -2.20. The minimum atomic E-state index is 0.192. The van der Waals surface area contributed by atoms with Gasteiger partial charge in [-0.15, -0.1) is 0 Å². The van der Waals surface area contributed by atoms with Gasteiger partial charge in [0.25, 0.3) is 0 Å². The first-order valence-electron chi connectivity index (χ1n) is 7.44. The largest absolute Gasteiger partial charge is 0.494 e. The summed E-state index contributed by atoms with van der Waals surface area (Å²) in [7, 11) is 0. The van der Waals surface area contributed by atoms with Gasteiger partial charge in [-0.3, -0.25) is 0 Å². The molecule has 0 fully saturated rings. The van der Waals surface area contributed by atoms with Crippen LogP contribution in [0.1, 0.15) is 55.4 Å². The molecule has 4 heteroatoms. The van der Waals surface area contributed by atoms with Crippen LogP contribution >= 0.6 is 0 Å². The second-order valence-corrected chi connectivity index (χ2v) is 5.35. The van der Waals surface area contributed by atoms with E-state index >= 15 is 0 Å². The molecule has 0 aliphatic carbocycles. The lowest BCUT2D eigenvalue weighted by atomic mass is 10.0. The van der Waals surface area contributed by atoms with Crippen LogP contribution in [0.4, 0.5) is 0 Å². The Morgan fingerprint density at radius 1 is 1.14 bits per heavy atom. The number of rotatable bonds is 6. The summed E-state index contributed by atoms with van der Waals surface area (Å²) in [6.45, 7) is 10.9. The highest BCUT2D eigenvalue weighted by Gasteiger charge is 2.18. The van der Waals surface area contributed by atoms with Gasteiger partial charge in [0.05, 0.1) is 12.3 Å². The summed E-state index contributed by atoms with van der Waals surface area (Å²) in [4.78, 5) is 0. The number of benzene rings is 1. The smallest absolute Gasteiger partial charge is 0.138 e. The normalized spacial score (nSPS) is 14.0. The quantitative estimate of drug-likeness (QED) is 0.869. The van der Waals surface area contributed by atoms with Crippen LogP contribution < -0.4 is 10.1 Å². The first kappa shape index (κ1) is 15.6. The Morgan fingerprint density at radius 3 is 2.33 bits per heavy atom. The monoisotopic (exact) mass is 288 g/mol. The van der Waals surface area contributed by atoms with Crippen molar-refractivity contribution in [2.45, 2.75) is 46.7 Å². The van der Waals surface area contributed by atoms with Gasteiger partial charge in [0, 0.05) is 17.6 Å². The van der Waals surface area contributed by atoms with Crippen LogP contribution in [0.25, 0.3) is 0 Å². The molecular weight excluding hydrogens is 264 g/mol. The fraction of sp³-hybridized carbons (Fsp3) is 0.471. The van der Waals surface area contributed by atoms with E-state index in [0.717, 1.165) is 22.8 Å². The molecule has 0 spiro atoms. The van der Waals surface area contributed by atoms with Gasteiger partial charge < -0.3 is 14.6 Å². The zero-order valence-corrected chi connectivity index (χ0v) is 13.4. The third-order valence-corrected chi connectivity index (χ3v) is 3.71. The summed E-state index contributed by atoms with van der Waals surface area (Å²) in [5.74, 6) is 1.79. The van der Waals surface area contributed by atoms with E-state index in [-0.39, 0.29) is 12.1 Å². The zero-order valence-electron chi connectivity index (χ0n) is 13.4. The number of hydrogen-bond donors (Lipinski definition) is 1. The molecule has 1 N–H and O–H groups in total. The summed E-state index contributed by atoms with van der Waals surface area (Å²) in [5.41, 5.74) is 3.33. The predicted octanol–water partition coefficient (Wildman–Crippen LogP) is 4.10. The van der Waals surface area contributed by atoms with E-state index in [1.807, 2.05) is 32.9 Å². The van der Waals surface area contributed by atoms with Crippen LogP contribution in [0.15, 0.2) is 28.8 Å². The van der Waals surface area contributed by atoms with Crippen LogP contribution in [0.2, 0.25) is 0 Å². The van der Waals surface area contributed by atoms with E-state index in [1.165, 1.54) is 5.56 Å². The highest BCUT2D eigenvalue weighted by Crippen LogP contribution is 2.25. The van der Waals surface area contributed by atoms with Crippen molar-refractivity contribution in [2.24, 2.45) is 0 Å². The Hall–Kier alpha value is -1.81. The maximum Gasteiger partial charge on any atom is 0.138 e. The summed E-state index contributed by atoms with van der Waals surface area (Å²) >= 11 is 0. The SMILES string of the molecule is CCOc1ccc(C(C)NC(C)c2c(C)noc2C)cc1. The third-order valence-electron chi connectivity index (χ3n) is 3.71. The van der Waals surface area contributed by atoms with Crippen LogP contribution in [0.5, 0.6) is 5.75 Å². The summed E-state index contributed by atoms with van der Waals surface area (Å²) < 4.78 is 10.7. The molecule has 4 nitrogen and oxygen atoms in total. The first-order valence-corrected chi connectivity index (χ1v) is 7.44. The molecule has 0 saturated carbocycles. The maximum atomic E-state index is 5.47. The topological polar surface area (TPSA) is 47.3 Å².